The fourth-order valence-electron chi connectivity index (χ4n) is 4.01. The second-order valence-electron chi connectivity index (χ2n) is 8.72. The summed E-state index contributed by atoms with van der Waals surface area (Å²) < 4.78 is 33.7. The van der Waals surface area contributed by atoms with Crippen LogP contribution >= 0.6 is 0 Å². The Labute approximate surface area is 194 Å². The summed E-state index contributed by atoms with van der Waals surface area (Å²) >= 11 is 0. The van der Waals surface area contributed by atoms with Crippen LogP contribution in [0.2, 0.25) is 0 Å². The average Bonchev–Trinajstić information content (AvgIpc) is 3.44. The number of benzene rings is 2. The van der Waals surface area contributed by atoms with E-state index in [4.69, 9.17) is 4.52 Å². The van der Waals surface area contributed by atoms with Crippen molar-refractivity contribution in [2.24, 2.45) is 5.92 Å². The van der Waals surface area contributed by atoms with E-state index in [1.54, 1.807) is 12.1 Å². The number of nitrogens with zero attached hydrogens (tertiary/aromatic N) is 3. The number of carbonyl (C=O) groups is 1. The minimum Gasteiger partial charge on any atom is -0.337 e. The van der Waals surface area contributed by atoms with Crippen molar-refractivity contribution in [3.8, 4) is 11.4 Å². The Hall–Kier alpha value is -3.04. The second kappa shape index (κ2) is 9.44. The SMILES string of the molecule is Cc1ccccc1-c1noc([C@H]2CCCN2S(=O)(=O)c2ccc(NC(=O)CC(C)C)cc2)n1. The number of amides is 1. The lowest BCUT2D eigenvalue weighted by Crippen LogP contribution is -2.30. The van der Waals surface area contributed by atoms with Gasteiger partial charge in [0.25, 0.3) is 0 Å². The minimum atomic E-state index is -3.77. The maximum absolute atomic E-state index is 13.4. The van der Waals surface area contributed by atoms with Gasteiger partial charge in [-0.2, -0.15) is 9.29 Å². The summed E-state index contributed by atoms with van der Waals surface area (Å²) in [6.45, 7) is 6.28. The minimum absolute atomic E-state index is 0.0962. The maximum Gasteiger partial charge on any atom is 0.245 e. The summed E-state index contributed by atoms with van der Waals surface area (Å²) in [4.78, 5) is 16.7. The molecule has 8 nitrogen and oxygen atoms in total. The molecule has 1 amide bonds. The van der Waals surface area contributed by atoms with Gasteiger partial charge in [0.2, 0.25) is 27.6 Å². The molecule has 4 rings (SSSR count). The predicted octanol–water partition coefficient (Wildman–Crippen LogP) is 4.56. The van der Waals surface area contributed by atoms with Gasteiger partial charge in [0.15, 0.2) is 0 Å². The molecule has 1 saturated heterocycles. The highest BCUT2D eigenvalue weighted by Crippen LogP contribution is 2.37. The quantitative estimate of drug-likeness (QED) is 0.545. The summed E-state index contributed by atoms with van der Waals surface area (Å²) in [7, 11) is -3.77. The fraction of sp³-hybridized carbons (Fsp3) is 0.375. The zero-order chi connectivity index (χ0) is 23.6. The lowest BCUT2D eigenvalue weighted by molar-refractivity contribution is -0.116. The van der Waals surface area contributed by atoms with Crippen LogP contribution in [0.1, 0.15) is 50.6 Å². The molecule has 0 aliphatic carbocycles. The molecule has 0 bridgehead atoms. The summed E-state index contributed by atoms with van der Waals surface area (Å²) in [5, 5.41) is 6.89. The van der Waals surface area contributed by atoms with Crippen LogP contribution < -0.4 is 5.32 Å². The second-order valence-corrected chi connectivity index (χ2v) is 10.6. The number of sulfonamides is 1. The topological polar surface area (TPSA) is 105 Å². The molecule has 1 aliphatic rings. The van der Waals surface area contributed by atoms with Gasteiger partial charge < -0.3 is 9.84 Å². The molecule has 1 fully saturated rings. The average molecular weight is 469 g/mol. The van der Waals surface area contributed by atoms with E-state index in [1.807, 2.05) is 45.0 Å². The smallest absolute Gasteiger partial charge is 0.245 e. The van der Waals surface area contributed by atoms with E-state index >= 15 is 0 Å². The Balaban J connectivity index is 1.53. The fourth-order valence-corrected chi connectivity index (χ4v) is 5.66. The van der Waals surface area contributed by atoms with Crippen LogP contribution in [-0.4, -0.2) is 35.3 Å². The summed E-state index contributed by atoms with van der Waals surface area (Å²) in [6, 6.07) is 13.5. The van der Waals surface area contributed by atoms with E-state index in [-0.39, 0.29) is 16.7 Å². The predicted molar refractivity (Wildman–Crippen MR) is 125 cm³/mol. The molecule has 2 aromatic carbocycles. The normalized spacial score (nSPS) is 16.9. The van der Waals surface area contributed by atoms with Crippen LogP contribution in [0.25, 0.3) is 11.4 Å². The van der Waals surface area contributed by atoms with Crippen molar-refractivity contribution in [3.63, 3.8) is 0 Å². The molecule has 1 aliphatic heterocycles. The van der Waals surface area contributed by atoms with Gasteiger partial charge >= 0.3 is 0 Å². The van der Waals surface area contributed by atoms with Gasteiger partial charge in [-0.15, -0.1) is 0 Å². The molecule has 0 radical (unpaired) electrons. The van der Waals surface area contributed by atoms with E-state index in [2.05, 4.69) is 15.5 Å². The summed E-state index contributed by atoms with van der Waals surface area (Å²) in [5.41, 5.74) is 2.44. The molecule has 1 atom stereocenters. The van der Waals surface area contributed by atoms with Crippen LogP contribution in [-0.2, 0) is 14.8 Å². The molecule has 0 spiro atoms. The molecule has 33 heavy (non-hydrogen) atoms. The maximum atomic E-state index is 13.4. The third-order valence-corrected chi connectivity index (χ3v) is 7.58. The number of aryl methyl sites for hydroxylation is 1. The van der Waals surface area contributed by atoms with Crippen molar-refractivity contribution < 1.29 is 17.7 Å². The van der Waals surface area contributed by atoms with Crippen LogP contribution in [0.3, 0.4) is 0 Å². The van der Waals surface area contributed by atoms with Gasteiger partial charge in [-0.1, -0.05) is 43.3 Å². The van der Waals surface area contributed by atoms with Gasteiger partial charge in [0.05, 0.1) is 4.90 Å². The Bertz CT molecular complexity index is 1240. The van der Waals surface area contributed by atoms with Crippen LogP contribution in [0.4, 0.5) is 5.69 Å². The largest absolute Gasteiger partial charge is 0.337 e. The Kier molecular flexibility index (Phi) is 6.62. The van der Waals surface area contributed by atoms with E-state index < -0.39 is 16.1 Å². The van der Waals surface area contributed by atoms with E-state index in [1.165, 1.54) is 16.4 Å². The van der Waals surface area contributed by atoms with Crippen LogP contribution in [0.5, 0.6) is 0 Å². The Morgan fingerprint density at radius 1 is 1.18 bits per heavy atom. The molecule has 0 saturated carbocycles. The lowest BCUT2D eigenvalue weighted by Gasteiger charge is -2.21. The Morgan fingerprint density at radius 2 is 1.91 bits per heavy atom. The summed E-state index contributed by atoms with van der Waals surface area (Å²) in [6.07, 6.45) is 1.72. The zero-order valence-electron chi connectivity index (χ0n) is 19.0. The Morgan fingerprint density at radius 3 is 2.61 bits per heavy atom. The zero-order valence-corrected chi connectivity index (χ0v) is 19.8. The first-order valence-electron chi connectivity index (χ1n) is 11.1. The standard InChI is InChI=1S/C24H28N4O4S/c1-16(2)15-22(29)25-18-10-12-19(13-11-18)33(30,31)28-14-6-9-21(28)24-26-23(27-32-24)20-8-5-4-7-17(20)3/h4-5,7-8,10-13,16,21H,6,9,14-15H2,1-3H3,(H,25,29)/t21-/m1/s1. The highest BCUT2D eigenvalue weighted by Gasteiger charge is 2.39. The van der Waals surface area contributed by atoms with Gasteiger partial charge in [0, 0.05) is 24.2 Å². The molecule has 1 aromatic heterocycles. The molecule has 9 heteroatoms. The van der Waals surface area contributed by atoms with E-state index in [0.717, 1.165) is 11.1 Å². The first-order chi connectivity index (χ1) is 15.8. The number of anilines is 1. The molecular formula is C24H28N4O4S. The molecule has 2 heterocycles. The molecule has 0 unspecified atom stereocenters. The highest BCUT2D eigenvalue weighted by molar-refractivity contribution is 7.89. The monoisotopic (exact) mass is 468 g/mol. The van der Waals surface area contributed by atoms with Crippen molar-refractivity contribution in [2.75, 3.05) is 11.9 Å². The molecule has 1 N–H and O–H groups in total. The number of nitrogens with one attached hydrogen (secondary N) is 1. The number of carbonyl (C=O) groups excluding carboxylic acids is 1. The van der Waals surface area contributed by atoms with E-state index in [9.17, 15) is 13.2 Å². The number of rotatable bonds is 7. The van der Waals surface area contributed by atoms with Crippen LogP contribution in [0.15, 0.2) is 57.9 Å². The van der Waals surface area contributed by atoms with E-state index in [0.29, 0.717) is 43.2 Å². The number of hydrogen-bond donors (Lipinski definition) is 1. The highest BCUT2D eigenvalue weighted by atomic mass is 32.2. The summed E-state index contributed by atoms with van der Waals surface area (Å²) in [5.74, 6) is 0.898. The van der Waals surface area contributed by atoms with Crippen molar-refractivity contribution in [2.45, 2.75) is 51.0 Å². The molecular weight excluding hydrogens is 440 g/mol. The third-order valence-electron chi connectivity index (χ3n) is 5.65. The third kappa shape index (κ3) is 4.99. The molecule has 3 aromatic rings. The molecule has 174 valence electrons. The lowest BCUT2D eigenvalue weighted by atomic mass is 10.1. The number of aromatic nitrogens is 2. The van der Waals surface area contributed by atoms with Crippen molar-refractivity contribution >= 4 is 21.6 Å². The first-order valence-corrected chi connectivity index (χ1v) is 12.5. The van der Waals surface area contributed by atoms with Gasteiger partial charge in [-0.25, -0.2) is 8.42 Å². The first kappa shape index (κ1) is 23.1. The van der Waals surface area contributed by atoms with Gasteiger partial charge in [-0.3, -0.25) is 4.79 Å². The van der Waals surface area contributed by atoms with Gasteiger partial charge in [0.1, 0.15) is 6.04 Å². The van der Waals surface area contributed by atoms with Gasteiger partial charge in [-0.05, 0) is 55.5 Å². The van der Waals surface area contributed by atoms with Crippen molar-refractivity contribution in [1.82, 2.24) is 14.4 Å². The van der Waals surface area contributed by atoms with Crippen molar-refractivity contribution in [1.29, 1.82) is 0 Å². The van der Waals surface area contributed by atoms with Crippen LogP contribution in [0, 0.1) is 12.8 Å². The number of hydrogen-bond acceptors (Lipinski definition) is 6. The van der Waals surface area contributed by atoms with Crippen molar-refractivity contribution in [3.05, 3.63) is 60.0 Å².